The van der Waals surface area contributed by atoms with Crippen LogP contribution in [0.2, 0.25) is 5.02 Å². The number of thioether (sulfide) groups is 1. The van der Waals surface area contributed by atoms with Crippen LogP contribution in [0.3, 0.4) is 0 Å². The van der Waals surface area contributed by atoms with Gasteiger partial charge in [0.05, 0.1) is 5.02 Å². The number of rotatable bonds is 3. The van der Waals surface area contributed by atoms with Crippen molar-refractivity contribution in [3.05, 3.63) is 34.6 Å². The SMILES string of the molecule is CC(=O)SC1CC(=O)N(Cc2cccc(Cl)c2F)C1. The summed E-state index contributed by atoms with van der Waals surface area (Å²) in [6.07, 6.45) is 0.326. The lowest BCUT2D eigenvalue weighted by atomic mass is 10.2. The minimum Gasteiger partial charge on any atom is -0.337 e. The summed E-state index contributed by atoms with van der Waals surface area (Å²) in [6, 6.07) is 4.74. The Hall–Kier alpha value is -1.07. The van der Waals surface area contributed by atoms with Crippen LogP contribution in [0, 0.1) is 5.82 Å². The number of amides is 1. The molecule has 0 bridgehead atoms. The van der Waals surface area contributed by atoms with Gasteiger partial charge in [-0.3, -0.25) is 9.59 Å². The minimum absolute atomic E-state index is 0.00594. The molecule has 0 aliphatic carbocycles. The van der Waals surface area contributed by atoms with Crippen LogP contribution in [0.1, 0.15) is 18.9 Å². The van der Waals surface area contributed by atoms with Crippen molar-refractivity contribution in [2.75, 3.05) is 6.54 Å². The van der Waals surface area contributed by atoms with E-state index < -0.39 is 5.82 Å². The van der Waals surface area contributed by atoms with Gasteiger partial charge in [-0.05, 0) is 6.07 Å². The van der Waals surface area contributed by atoms with Gasteiger partial charge in [0.2, 0.25) is 5.91 Å². The first-order chi connectivity index (χ1) is 8.97. The fourth-order valence-corrected chi connectivity index (χ4v) is 3.22. The van der Waals surface area contributed by atoms with E-state index in [2.05, 4.69) is 0 Å². The summed E-state index contributed by atoms with van der Waals surface area (Å²) >= 11 is 6.87. The van der Waals surface area contributed by atoms with E-state index in [9.17, 15) is 14.0 Å². The highest BCUT2D eigenvalue weighted by atomic mass is 35.5. The number of carbonyl (C=O) groups excluding carboxylic acids is 2. The number of hydrogen-bond acceptors (Lipinski definition) is 3. The minimum atomic E-state index is -0.486. The normalized spacial score (nSPS) is 19.0. The molecule has 2 rings (SSSR count). The van der Waals surface area contributed by atoms with E-state index in [-0.39, 0.29) is 27.8 Å². The number of carbonyl (C=O) groups is 2. The predicted molar refractivity (Wildman–Crippen MR) is 73.5 cm³/mol. The Morgan fingerprint density at radius 2 is 2.32 bits per heavy atom. The highest BCUT2D eigenvalue weighted by Crippen LogP contribution is 2.27. The molecule has 1 atom stereocenters. The molecule has 1 amide bonds. The molecule has 1 heterocycles. The zero-order chi connectivity index (χ0) is 14.0. The predicted octanol–water partition coefficient (Wildman–Crippen LogP) is 2.86. The first-order valence-corrected chi connectivity index (χ1v) is 7.11. The zero-order valence-electron chi connectivity index (χ0n) is 10.4. The quantitative estimate of drug-likeness (QED) is 0.861. The van der Waals surface area contributed by atoms with Gasteiger partial charge in [-0.25, -0.2) is 4.39 Å². The Bertz CT molecular complexity index is 523. The molecule has 1 aliphatic rings. The van der Waals surface area contributed by atoms with Gasteiger partial charge in [-0.15, -0.1) is 0 Å². The topological polar surface area (TPSA) is 37.4 Å². The maximum Gasteiger partial charge on any atom is 0.224 e. The van der Waals surface area contributed by atoms with Crippen LogP contribution >= 0.6 is 23.4 Å². The average Bonchev–Trinajstić information content (AvgIpc) is 2.64. The van der Waals surface area contributed by atoms with Crippen LogP contribution in [0.15, 0.2) is 18.2 Å². The zero-order valence-corrected chi connectivity index (χ0v) is 11.9. The Morgan fingerprint density at radius 1 is 1.58 bits per heavy atom. The average molecular weight is 302 g/mol. The third-order valence-corrected chi connectivity index (χ3v) is 4.18. The highest BCUT2D eigenvalue weighted by Gasteiger charge is 2.31. The molecule has 0 aromatic heterocycles. The maximum atomic E-state index is 13.8. The second kappa shape index (κ2) is 5.92. The van der Waals surface area contributed by atoms with Crippen molar-refractivity contribution in [3.8, 4) is 0 Å². The molecule has 1 aromatic carbocycles. The van der Waals surface area contributed by atoms with E-state index in [1.165, 1.54) is 24.8 Å². The van der Waals surface area contributed by atoms with Gasteiger partial charge >= 0.3 is 0 Å². The van der Waals surface area contributed by atoms with Crippen molar-refractivity contribution < 1.29 is 14.0 Å². The summed E-state index contributed by atoms with van der Waals surface area (Å²) in [4.78, 5) is 24.4. The number of likely N-dealkylation sites (tertiary alicyclic amines) is 1. The molecule has 1 fully saturated rings. The third-order valence-electron chi connectivity index (χ3n) is 2.90. The van der Waals surface area contributed by atoms with Crippen LogP contribution in [-0.4, -0.2) is 27.7 Å². The van der Waals surface area contributed by atoms with E-state index in [0.717, 1.165) is 0 Å². The lowest BCUT2D eigenvalue weighted by Gasteiger charge is -2.17. The number of benzene rings is 1. The van der Waals surface area contributed by atoms with E-state index in [1.807, 2.05) is 0 Å². The molecule has 102 valence electrons. The van der Waals surface area contributed by atoms with E-state index in [0.29, 0.717) is 18.5 Å². The first-order valence-electron chi connectivity index (χ1n) is 5.85. The number of halogens is 2. The van der Waals surface area contributed by atoms with Crippen LogP contribution in [-0.2, 0) is 16.1 Å². The lowest BCUT2D eigenvalue weighted by Crippen LogP contribution is -2.25. The van der Waals surface area contributed by atoms with Gasteiger partial charge in [0.25, 0.3) is 0 Å². The molecule has 1 saturated heterocycles. The Balaban J connectivity index is 2.05. The smallest absolute Gasteiger partial charge is 0.224 e. The highest BCUT2D eigenvalue weighted by molar-refractivity contribution is 8.14. The van der Waals surface area contributed by atoms with Crippen molar-refractivity contribution in [1.29, 1.82) is 0 Å². The Labute approximate surface area is 120 Å². The van der Waals surface area contributed by atoms with Crippen LogP contribution in [0.4, 0.5) is 4.39 Å². The molecule has 3 nitrogen and oxygen atoms in total. The van der Waals surface area contributed by atoms with Crippen LogP contribution in [0.25, 0.3) is 0 Å². The van der Waals surface area contributed by atoms with Crippen molar-refractivity contribution in [2.24, 2.45) is 0 Å². The molecule has 1 aliphatic heterocycles. The summed E-state index contributed by atoms with van der Waals surface area (Å²) in [5.74, 6) is -0.544. The van der Waals surface area contributed by atoms with Gasteiger partial charge < -0.3 is 4.90 Å². The van der Waals surface area contributed by atoms with Gasteiger partial charge in [-0.2, -0.15) is 0 Å². The molecular weight excluding hydrogens is 289 g/mol. The van der Waals surface area contributed by atoms with Crippen LogP contribution < -0.4 is 0 Å². The third kappa shape index (κ3) is 3.48. The summed E-state index contributed by atoms with van der Waals surface area (Å²) in [7, 11) is 0. The van der Waals surface area contributed by atoms with Crippen LogP contribution in [0.5, 0.6) is 0 Å². The number of nitrogens with zero attached hydrogens (tertiary/aromatic N) is 1. The van der Waals surface area contributed by atoms with Gasteiger partial charge in [-0.1, -0.05) is 35.5 Å². The van der Waals surface area contributed by atoms with Crippen molar-refractivity contribution in [2.45, 2.75) is 25.1 Å². The fraction of sp³-hybridized carbons (Fsp3) is 0.385. The first kappa shape index (κ1) is 14.3. The van der Waals surface area contributed by atoms with Gasteiger partial charge in [0, 0.05) is 37.2 Å². The van der Waals surface area contributed by atoms with Gasteiger partial charge in [0.1, 0.15) is 5.82 Å². The second-order valence-electron chi connectivity index (χ2n) is 4.42. The molecule has 0 saturated carbocycles. The molecule has 0 N–H and O–H groups in total. The second-order valence-corrected chi connectivity index (χ2v) is 6.31. The Morgan fingerprint density at radius 3 is 3.00 bits per heavy atom. The Kier molecular flexibility index (Phi) is 4.47. The largest absolute Gasteiger partial charge is 0.337 e. The van der Waals surface area contributed by atoms with E-state index >= 15 is 0 Å². The van der Waals surface area contributed by atoms with E-state index in [4.69, 9.17) is 11.6 Å². The van der Waals surface area contributed by atoms with Crippen molar-refractivity contribution in [1.82, 2.24) is 4.90 Å². The molecule has 0 radical (unpaired) electrons. The van der Waals surface area contributed by atoms with Crippen molar-refractivity contribution >= 4 is 34.4 Å². The summed E-state index contributed by atoms with van der Waals surface area (Å²) < 4.78 is 13.8. The monoisotopic (exact) mass is 301 g/mol. The van der Waals surface area contributed by atoms with Crippen molar-refractivity contribution in [3.63, 3.8) is 0 Å². The summed E-state index contributed by atoms with van der Waals surface area (Å²) in [5.41, 5.74) is 0.398. The molecule has 6 heteroatoms. The molecule has 19 heavy (non-hydrogen) atoms. The lowest BCUT2D eigenvalue weighted by molar-refractivity contribution is -0.128. The molecule has 0 spiro atoms. The summed E-state index contributed by atoms with van der Waals surface area (Å²) in [5, 5.41) is 0.0136. The molecule has 1 unspecified atom stereocenters. The summed E-state index contributed by atoms with van der Waals surface area (Å²) in [6.45, 7) is 2.14. The molecular formula is C13H13ClFNO2S. The fourth-order valence-electron chi connectivity index (χ4n) is 2.08. The number of hydrogen-bond donors (Lipinski definition) is 0. The molecule has 1 aromatic rings. The van der Waals surface area contributed by atoms with E-state index in [1.54, 1.807) is 17.0 Å². The maximum absolute atomic E-state index is 13.8. The standard InChI is InChI=1S/C13H13ClFNO2S/c1-8(17)19-10-5-12(18)16(7-10)6-9-3-2-4-11(14)13(9)15/h2-4,10H,5-7H2,1H3. The van der Waals surface area contributed by atoms with Gasteiger partial charge in [0.15, 0.2) is 5.12 Å².